The molecule has 0 fully saturated rings. The number of nitrogens with one attached hydrogen (secondary N) is 1. The van der Waals surface area contributed by atoms with E-state index in [-0.39, 0.29) is 11.3 Å². The van der Waals surface area contributed by atoms with Crippen LogP contribution < -0.4 is 15.8 Å². The average molecular weight is 331 g/mol. The van der Waals surface area contributed by atoms with E-state index in [4.69, 9.17) is 15.6 Å². The van der Waals surface area contributed by atoms with Crippen molar-refractivity contribution in [2.24, 2.45) is 5.73 Å². The Bertz CT molecular complexity index is 532. The van der Waals surface area contributed by atoms with E-state index >= 15 is 0 Å². The number of halogens is 1. The van der Waals surface area contributed by atoms with Gasteiger partial charge in [0.05, 0.1) is 0 Å². The lowest BCUT2D eigenvalue weighted by Gasteiger charge is -2.15. The second-order valence-corrected chi connectivity index (χ2v) is 4.47. The number of urea groups is 1. The first-order valence-electron chi connectivity index (χ1n) is 5.11. The van der Waals surface area contributed by atoms with Crippen molar-refractivity contribution in [1.29, 1.82) is 0 Å². The third-order valence-corrected chi connectivity index (χ3v) is 2.59. The number of amides is 3. The number of aromatic carboxylic acids is 1. The number of hydrogen-bond donors (Lipinski definition) is 3. The Morgan fingerprint density at radius 3 is 2.58 bits per heavy atom. The highest BCUT2D eigenvalue weighted by Crippen LogP contribution is 2.24. The number of carbonyl (C=O) groups is 3. The van der Waals surface area contributed by atoms with Crippen molar-refractivity contribution in [3.63, 3.8) is 0 Å². The third-order valence-electron chi connectivity index (χ3n) is 2.09. The second-order valence-electron chi connectivity index (χ2n) is 3.56. The van der Waals surface area contributed by atoms with Crippen LogP contribution in [0.4, 0.5) is 4.79 Å². The zero-order valence-electron chi connectivity index (χ0n) is 9.84. The summed E-state index contributed by atoms with van der Waals surface area (Å²) >= 11 is 3.17. The zero-order valence-corrected chi connectivity index (χ0v) is 11.4. The molecule has 0 aliphatic carbocycles. The SMILES string of the molecule is CC(Oc1cc(Br)ccc1C(=O)O)C(=O)NC(N)=O. The number of rotatable bonds is 4. The number of carbonyl (C=O) groups excluding carboxylic acids is 2. The minimum atomic E-state index is -1.19. The molecule has 1 aromatic carbocycles. The molecular formula is C11H11BrN2O5. The highest BCUT2D eigenvalue weighted by molar-refractivity contribution is 9.10. The molecule has 8 heteroatoms. The summed E-state index contributed by atoms with van der Waals surface area (Å²) in [4.78, 5) is 32.9. The van der Waals surface area contributed by atoms with Crippen LogP contribution in [-0.2, 0) is 4.79 Å². The highest BCUT2D eigenvalue weighted by Gasteiger charge is 2.19. The van der Waals surface area contributed by atoms with Gasteiger partial charge in [-0.1, -0.05) is 15.9 Å². The van der Waals surface area contributed by atoms with Crippen LogP contribution in [0.25, 0.3) is 0 Å². The normalized spacial score (nSPS) is 11.5. The van der Waals surface area contributed by atoms with Crippen molar-refractivity contribution in [3.8, 4) is 5.75 Å². The fraction of sp³-hybridized carbons (Fsp3) is 0.182. The van der Waals surface area contributed by atoms with Gasteiger partial charge in [0.1, 0.15) is 11.3 Å². The second kappa shape index (κ2) is 6.19. The molecule has 1 aromatic rings. The topological polar surface area (TPSA) is 119 Å². The monoisotopic (exact) mass is 330 g/mol. The fourth-order valence-electron chi connectivity index (χ4n) is 1.24. The molecule has 4 N–H and O–H groups in total. The van der Waals surface area contributed by atoms with Gasteiger partial charge >= 0.3 is 12.0 Å². The molecule has 0 saturated carbocycles. The minimum absolute atomic E-state index is 0.00833. The van der Waals surface area contributed by atoms with Crippen molar-refractivity contribution >= 4 is 33.8 Å². The molecule has 7 nitrogen and oxygen atoms in total. The summed E-state index contributed by atoms with van der Waals surface area (Å²) in [7, 11) is 0. The number of benzene rings is 1. The van der Waals surface area contributed by atoms with Gasteiger partial charge in [0.25, 0.3) is 5.91 Å². The maximum Gasteiger partial charge on any atom is 0.339 e. The van der Waals surface area contributed by atoms with Gasteiger partial charge in [0.2, 0.25) is 0 Å². The molecule has 0 bridgehead atoms. The molecular weight excluding hydrogens is 320 g/mol. The van der Waals surface area contributed by atoms with Gasteiger partial charge in [0, 0.05) is 4.47 Å². The predicted molar refractivity (Wildman–Crippen MR) is 68.9 cm³/mol. The number of imide groups is 1. The third kappa shape index (κ3) is 4.25. The highest BCUT2D eigenvalue weighted by atomic mass is 79.9. The minimum Gasteiger partial charge on any atom is -0.480 e. The molecule has 0 heterocycles. The molecule has 0 spiro atoms. The quantitative estimate of drug-likeness (QED) is 0.764. The number of nitrogens with two attached hydrogens (primary N) is 1. The van der Waals surface area contributed by atoms with Gasteiger partial charge in [-0.25, -0.2) is 9.59 Å². The molecule has 0 radical (unpaired) electrons. The molecule has 3 amide bonds. The van der Waals surface area contributed by atoms with Gasteiger partial charge in [-0.2, -0.15) is 0 Å². The van der Waals surface area contributed by atoms with Gasteiger partial charge in [-0.05, 0) is 25.1 Å². The van der Waals surface area contributed by atoms with E-state index in [1.807, 2.05) is 5.32 Å². The van der Waals surface area contributed by atoms with Crippen LogP contribution in [0.3, 0.4) is 0 Å². The Balaban J connectivity index is 2.92. The molecule has 0 aliphatic heterocycles. The molecule has 0 saturated heterocycles. The van der Waals surface area contributed by atoms with Crippen molar-refractivity contribution in [2.75, 3.05) is 0 Å². The predicted octanol–water partition coefficient (Wildman–Crippen LogP) is 1.11. The van der Waals surface area contributed by atoms with Crippen LogP contribution in [0, 0.1) is 0 Å². The summed E-state index contributed by atoms with van der Waals surface area (Å²) in [6, 6.07) is 3.27. The van der Waals surface area contributed by atoms with E-state index in [0.717, 1.165) is 0 Å². The van der Waals surface area contributed by atoms with Crippen molar-refractivity contribution in [3.05, 3.63) is 28.2 Å². The lowest BCUT2D eigenvalue weighted by Crippen LogP contribution is -2.42. The van der Waals surface area contributed by atoms with E-state index in [1.165, 1.54) is 25.1 Å². The standard InChI is InChI=1S/C11H11BrN2O5/c1-5(9(15)14-11(13)18)19-8-4-6(12)2-3-7(8)10(16)17/h2-5H,1H3,(H,16,17)(H3,13,14,15,18). The largest absolute Gasteiger partial charge is 0.480 e. The van der Waals surface area contributed by atoms with E-state index in [0.29, 0.717) is 4.47 Å². The average Bonchev–Trinajstić information content (AvgIpc) is 2.27. The fourth-order valence-corrected chi connectivity index (χ4v) is 1.58. The first-order chi connectivity index (χ1) is 8.81. The smallest absolute Gasteiger partial charge is 0.339 e. The summed E-state index contributed by atoms with van der Waals surface area (Å²) in [5, 5.41) is 10.8. The Hall–Kier alpha value is -2.09. The summed E-state index contributed by atoms with van der Waals surface area (Å²) in [5.74, 6) is -1.94. The Kier molecular flexibility index (Phi) is 4.87. The molecule has 19 heavy (non-hydrogen) atoms. The van der Waals surface area contributed by atoms with Crippen molar-refractivity contribution in [1.82, 2.24) is 5.32 Å². The molecule has 1 unspecified atom stereocenters. The van der Waals surface area contributed by atoms with Crippen molar-refractivity contribution in [2.45, 2.75) is 13.0 Å². The van der Waals surface area contributed by atoms with Crippen LogP contribution in [0.15, 0.2) is 22.7 Å². The number of primary amides is 1. The summed E-state index contributed by atoms with van der Waals surface area (Å²) < 4.78 is 5.81. The van der Waals surface area contributed by atoms with Crippen LogP contribution in [0.2, 0.25) is 0 Å². The van der Waals surface area contributed by atoms with Gasteiger partial charge < -0.3 is 15.6 Å². The van der Waals surface area contributed by atoms with Gasteiger partial charge in [-0.15, -0.1) is 0 Å². The summed E-state index contributed by atoms with van der Waals surface area (Å²) in [5.41, 5.74) is 4.70. The molecule has 0 aromatic heterocycles. The summed E-state index contributed by atoms with van der Waals surface area (Å²) in [6.45, 7) is 1.37. The Morgan fingerprint density at radius 1 is 1.42 bits per heavy atom. The number of carboxylic acid groups (broad SMARTS) is 1. The number of hydrogen-bond acceptors (Lipinski definition) is 4. The van der Waals surface area contributed by atoms with Crippen molar-refractivity contribution < 1.29 is 24.2 Å². The number of ether oxygens (including phenoxy) is 1. The number of carboxylic acids is 1. The van der Waals surface area contributed by atoms with E-state index in [9.17, 15) is 14.4 Å². The van der Waals surface area contributed by atoms with Gasteiger partial charge in [0.15, 0.2) is 6.10 Å². The molecule has 0 aliphatic rings. The Labute approximate surface area is 116 Å². The zero-order chi connectivity index (χ0) is 14.6. The van der Waals surface area contributed by atoms with E-state index in [1.54, 1.807) is 0 Å². The van der Waals surface area contributed by atoms with Crippen LogP contribution in [0.1, 0.15) is 17.3 Å². The first kappa shape index (κ1) is 15.0. The Morgan fingerprint density at radius 2 is 2.05 bits per heavy atom. The maximum absolute atomic E-state index is 11.4. The van der Waals surface area contributed by atoms with Crippen LogP contribution in [0.5, 0.6) is 5.75 Å². The van der Waals surface area contributed by atoms with Crippen LogP contribution in [-0.4, -0.2) is 29.1 Å². The van der Waals surface area contributed by atoms with E-state index < -0.39 is 24.0 Å². The summed E-state index contributed by atoms with van der Waals surface area (Å²) in [6.07, 6.45) is -1.07. The molecule has 1 atom stereocenters. The lowest BCUT2D eigenvalue weighted by molar-refractivity contribution is -0.126. The molecule has 1 rings (SSSR count). The van der Waals surface area contributed by atoms with E-state index in [2.05, 4.69) is 15.9 Å². The van der Waals surface area contributed by atoms with Crippen LogP contribution >= 0.6 is 15.9 Å². The first-order valence-corrected chi connectivity index (χ1v) is 5.90. The molecule has 102 valence electrons. The lowest BCUT2D eigenvalue weighted by atomic mass is 10.2. The van der Waals surface area contributed by atoms with Gasteiger partial charge in [-0.3, -0.25) is 10.1 Å². The maximum atomic E-state index is 11.4.